The minimum atomic E-state index is 0.0867. The summed E-state index contributed by atoms with van der Waals surface area (Å²) in [4.78, 5) is 4.29. The number of nitrogens with zero attached hydrogens (tertiary/aromatic N) is 1. The van der Waals surface area contributed by atoms with E-state index in [1.54, 1.807) is 6.08 Å². The third-order valence-corrected chi connectivity index (χ3v) is 2.50. The Bertz CT molecular complexity index is 427. The highest BCUT2D eigenvalue weighted by Gasteiger charge is 2.00. The highest BCUT2D eigenvalue weighted by molar-refractivity contribution is 5.65. The lowest BCUT2D eigenvalue weighted by Gasteiger charge is -2.01. The molecule has 1 heterocycles. The zero-order valence-electron chi connectivity index (χ0n) is 9.13. The molecule has 1 aliphatic rings. The molecule has 0 aliphatic carbocycles. The van der Waals surface area contributed by atoms with E-state index in [9.17, 15) is 0 Å². The number of rotatable bonds is 4. The van der Waals surface area contributed by atoms with Crippen molar-refractivity contribution in [3.05, 3.63) is 53.2 Å². The average Bonchev–Trinajstić information content (AvgIpc) is 2.81. The van der Waals surface area contributed by atoms with Crippen LogP contribution in [0, 0.1) is 0 Å². The molecule has 1 aliphatic heterocycles. The summed E-state index contributed by atoms with van der Waals surface area (Å²) in [6, 6.07) is 8.32. The van der Waals surface area contributed by atoms with Gasteiger partial charge in [0.1, 0.15) is 0 Å². The van der Waals surface area contributed by atoms with Gasteiger partial charge in [-0.05, 0) is 11.1 Å². The van der Waals surface area contributed by atoms with Crippen LogP contribution in [0.2, 0.25) is 0 Å². The maximum atomic E-state index is 8.66. The summed E-state index contributed by atoms with van der Waals surface area (Å²) in [6.45, 7) is 0.0867. The lowest BCUT2D eigenvalue weighted by atomic mass is 10.1. The number of allylic oxidation sites excluding steroid dienone is 2. The van der Waals surface area contributed by atoms with Crippen molar-refractivity contribution < 1.29 is 5.11 Å². The van der Waals surface area contributed by atoms with Crippen molar-refractivity contribution in [1.82, 2.24) is 0 Å². The Hall–Kier alpha value is -1.67. The first-order valence-electron chi connectivity index (χ1n) is 5.46. The lowest BCUT2D eigenvalue weighted by Crippen LogP contribution is -1.86. The number of aliphatic hydroxyl groups is 1. The molecule has 0 amide bonds. The number of aliphatic hydroxyl groups excluding tert-OH is 1. The first-order chi connectivity index (χ1) is 7.88. The van der Waals surface area contributed by atoms with Gasteiger partial charge in [0.25, 0.3) is 0 Å². The summed E-state index contributed by atoms with van der Waals surface area (Å²) in [7, 11) is 0. The van der Waals surface area contributed by atoms with E-state index in [1.165, 1.54) is 5.56 Å². The zero-order chi connectivity index (χ0) is 11.2. The number of hydrogen-bond donors (Lipinski definition) is 1. The Morgan fingerprint density at radius 3 is 2.69 bits per heavy atom. The molecule has 82 valence electrons. The summed E-state index contributed by atoms with van der Waals surface area (Å²) >= 11 is 0. The molecule has 0 radical (unpaired) electrons. The standard InChI is InChI=1S/C14H15NO/c16-10-2-3-12-5-7-13(8-6-12)11-14-4-1-9-15-14/h2-9,16H,1,10-11H2/b3-2+. The highest BCUT2D eigenvalue weighted by atomic mass is 16.2. The Kier molecular flexibility index (Phi) is 3.67. The first-order valence-corrected chi connectivity index (χ1v) is 5.46. The van der Waals surface area contributed by atoms with Gasteiger partial charge in [-0.2, -0.15) is 0 Å². The molecule has 0 fully saturated rings. The smallest absolute Gasteiger partial charge is 0.0615 e. The molecule has 0 spiro atoms. The molecule has 1 N–H and O–H groups in total. The van der Waals surface area contributed by atoms with Gasteiger partial charge in [-0.25, -0.2) is 0 Å². The van der Waals surface area contributed by atoms with E-state index >= 15 is 0 Å². The Morgan fingerprint density at radius 2 is 2.06 bits per heavy atom. The minimum absolute atomic E-state index is 0.0867. The summed E-state index contributed by atoms with van der Waals surface area (Å²) in [5.41, 5.74) is 3.53. The van der Waals surface area contributed by atoms with E-state index < -0.39 is 0 Å². The van der Waals surface area contributed by atoms with Gasteiger partial charge in [-0.3, -0.25) is 4.99 Å². The van der Waals surface area contributed by atoms with E-state index in [1.807, 2.05) is 12.3 Å². The van der Waals surface area contributed by atoms with Crippen LogP contribution in [-0.2, 0) is 6.42 Å². The normalized spacial score (nSPS) is 14.7. The molecular formula is C14H15NO. The van der Waals surface area contributed by atoms with Crippen LogP contribution in [0.1, 0.15) is 17.5 Å². The van der Waals surface area contributed by atoms with E-state index in [0.29, 0.717) is 0 Å². The van der Waals surface area contributed by atoms with Crippen molar-refractivity contribution in [3.8, 4) is 0 Å². The van der Waals surface area contributed by atoms with E-state index in [-0.39, 0.29) is 6.61 Å². The van der Waals surface area contributed by atoms with Gasteiger partial charge in [0.2, 0.25) is 0 Å². The quantitative estimate of drug-likeness (QED) is 0.819. The van der Waals surface area contributed by atoms with Crippen molar-refractivity contribution in [3.63, 3.8) is 0 Å². The van der Waals surface area contributed by atoms with Crippen molar-refractivity contribution in [2.75, 3.05) is 6.61 Å². The Labute approximate surface area is 95.7 Å². The zero-order valence-corrected chi connectivity index (χ0v) is 9.13. The molecule has 2 heteroatoms. The van der Waals surface area contributed by atoms with Gasteiger partial charge in [0, 0.05) is 24.8 Å². The molecule has 2 nitrogen and oxygen atoms in total. The fraction of sp³-hybridized carbons (Fsp3) is 0.214. The van der Waals surface area contributed by atoms with Gasteiger partial charge in [-0.15, -0.1) is 0 Å². The fourth-order valence-electron chi connectivity index (χ4n) is 1.67. The summed E-state index contributed by atoms with van der Waals surface area (Å²) in [6.07, 6.45) is 9.61. The van der Waals surface area contributed by atoms with Crippen LogP contribution in [0.15, 0.2) is 47.1 Å². The molecule has 16 heavy (non-hydrogen) atoms. The molecule has 0 saturated carbocycles. The molecular weight excluding hydrogens is 198 g/mol. The second-order valence-corrected chi connectivity index (χ2v) is 3.75. The molecule has 1 aromatic carbocycles. The van der Waals surface area contributed by atoms with Crippen molar-refractivity contribution in [2.45, 2.75) is 12.8 Å². The summed E-state index contributed by atoms with van der Waals surface area (Å²) < 4.78 is 0. The molecule has 0 aromatic heterocycles. The molecule has 0 saturated heterocycles. The molecule has 0 unspecified atom stereocenters. The van der Waals surface area contributed by atoms with Crippen LogP contribution in [-0.4, -0.2) is 17.9 Å². The van der Waals surface area contributed by atoms with Crippen molar-refractivity contribution >= 4 is 12.3 Å². The molecule has 1 aromatic rings. The second kappa shape index (κ2) is 5.42. The van der Waals surface area contributed by atoms with E-state index in [4.69, 9.17) is 5.11 Å². The minimum Gasteiger partial charge on any atom is -0.392 e. The molecule has 0 bridgehead atoms. The maximum absolute atomic E-state index is 8.66. The van der Waals surface area contributed by atoms with Gasteiger partial charge < -0.3 is 5.11 Å². The summed E-state index contributed by atoms with van der Waals surface area (Å²) in [5, 5.41) is 8.66. The highest BCUT2D eigenvalue weighted by Crippen LogP contribution is 2.14. The predicted molar refractivity (Wildman–Crippen MR) is 67.5 cm³/mol. The largest absolute Gasteiger partial charge is 0.392 e. The first kappa shape index (κ1) is 10.8. The molecule has 2 rings (SSSR count). The topological polar surface area (TPSA) is 32.6 Å². The Morgan fingerprint density at radius 1 is 1.25 bits per heavy atom. The van der Waals surface area contributed by atoms with E-state index in [0.717, 1.165) is 24.1 Å². The van der Waals surface area contributed by atoms with Crippen LogP contribution in [0.4, 0.5) is 0 Å². The third-order valence-electron chi connectivity index (χ3n) is 2.50. The lowest BCUT2D eigenvalue weighted by molar-refractivity contribution is 0.343. The van der Waals surface area contributed by atoms with Gasteiger partial charge in [0.15, 0.2) is 0 Å². The predicted octanol–water partition coefficient (Wildman–Crippen LogP) is 2.59. The Balaban J connectivity index is 2.01. The van der Waals surface area contributed by atoms with Gasteiger partial charge in [-0.1, -0.05) is 42.5 Å². The van der Waals surface area contributed by atoms with Crippen LogP contribution < -0.4 is 0 Å². The average molecular weight is 213 g/mol. The second-order valence-electron chi connectivity index (χ2n) is 3.75. The van der Waals surface area contributed by atoms with Crippen LogP contribution in [0.3, 0.4) is 0 Å². The van der Waals surface area contributed by atoms with Gasteiger partial charge in [0.05, 0.1) is 6.61 Å². The van der Waals surface area contributed by atoms with Crippen molar-refractivity contribution in [2.24, 2.45) is 4.99 Å². The van der Waals surface area contributed by atoms with Crippen LogP contribution in [0.25, 0.3) is 6.08 Å². The monoisotopic (exact) mass is 213 g/mol. The number of hydrogen-bond acceptors (Lipinski definition) is 2. The number of aliphatic imine (C=N–C) groups is 1. The summed E-state index contributed by atoms with van der Waals surface area (Å²) in [5.74, 6) is 0. The molecule has 0 atom stereocenters. The van der Waals surface area contributed by atoms with E-state index in [2.05, 4.69) is 35.3 Å². The SMILES string of the molecule is OC/C=C/c1ccc(CC2=CCC=N2)cc1. The number of benzene rings is 1. The third kappa shape index (κ3) is 2.91. The van der Waals surface area contributed by atoms with Gasteiger partial charge >= 0.3 is 0 Å². The maximum Gasteiger partial charge on any atom is 0.0615 e. The van der Waals surface area contributed by atoms with Crippen molar-refractivity contribution in [1.29, 1.82) is 0 Å². The van der Waals surface area contributed by atoms with Crippen LogP contribution in [0.5, 0.6) is 0 Å². The fourth-order valence-corrected chi connectivity index (χ4v) is 1.67. The van der Waals surface area contributed by atoms with Crippen LogP contribution >= 0.6 is 0 Å².